The molecule has 0 saturated heterocycles. The fourth-order valence-electron chi connectivity index (χ4n) is 3.89. The van der Waals surface area contributed by atoms with Gasteiger partial charge in [0.2, 0.25) is 0 Å². The van der Waals surface area contributed by atoms with Gasteiger partial charge in [-0.2, -0.15) is 0 Å². The van der Waals surface area contributed by atoms with Crippen LogP contribution in [0.1, 0.15) is 37.5 Å². The Bertz CT molecular complexity index is 1060. The average Bonchev–Trinajstić information content (AvgIpc) is 2.65. The zero-order valence-electron chi connectivity index (χ0n) is 14.7. The van der Waals surface area contributed by atoms with Crippen molar-refractivity contribution in [3.8, 4) is 0 Å². The van der Waals surface area contributed by atoms with Crippen LogP contribution >= 0.6 is 0 Å². The lowest BCUT2D eigenvalue weighted by molar-refractivity contribution is 1.09. The number of hydrogen-bond acceptors (Lipinski definition) is 1. The zero-order chi connectivity index (χ0) is 16.7. The number of aryl methyl sites for hydroxylation is 3. The lowest BCUT2D eigenvalue weighted by Crippen LogP contribution is -1.97. The lowest BCUT2D eigenvalue weighted by Gasteiger charge is -2.15. The van der Waals surface area contributed by atoms with Gasteiger partial charge in [-0.15, -0.1) is 0 Å². The van der Waals surface area contributed by atoms with Crippen molar-refractivity contribution in [2.75, 3.05) is 0 Å². The molecule has 0 spiro atoms. The first-order chi connectivity index (χ1) is 11.8. The van der Waals surface area contributed by atoms with Crippen LogP contribution in [0.4, 0.5) is 0 Å². The van der Waals surface area contributed by atoms with E-state index in [4.69, 9.17) is 4.98 Å². The first kappa shape index (κ1) is 15.1. The molecule has 0 fully saturated rings. The van der Waals surface area contributed by atoms with Gasteiger partial charge in [0.1, 0.15) is 0 Å². The number of benzene rings is 3. The maximum absolute atomic E-state index is 5.08. The van der Waals surface area contributed by atoms with E-state index in [9.17, 15) is 0 Å². The van der Waals surface area contributed by atoms with E-state index in [-0.39, 0.29) is 0 Å². The van der Waals surface area contributed by atoms with Crippen LogP contribution in [0, 0.1) is 0 Å². The fourth-order valence-corrected chi connectivity index (χ4v) is 3.89. The van der Waals surface area contributed by atoms with Gasteiger partial charge in [-0.25, -0.2) is 4.98 Å². The molecule has 1 nitrogen and oxygen atoms in total. The minimum Gasteiger partial charge on any atom is -0.247 e. The quantitative estimate of drug-likeness (QED) is 0.323. The van der Waals surface area contributed by atoms with Crippen LogP contribution in [0.25, 0.3) is 32.6 Å². The van der Waals surface area contributed by atoms with Crippen molar-refractivity contribution < 1.29 is 0 Å². The van der Waals surface area contributed by atoms with Gasteiger partial charge < -0.3 is 0 Å². The molecule has 1 aromatic heterocycles. The second-order valence-electron chi connectivity index (χ2n) is 6.48. The molecular weight excluding hydrogens is 290 g/mol. The van der Waals surface area contributed by atoms with Crippen LogP contribution in [0.3, 0.4) is 0 Å². The summed E-state index contributed by atoms with van der Waals surface area (Å²) < 4.78 is 0. The summed E-state index contributed by atoms with van der Waals surface area (Å²) in [6.07, 6.45) is 3.12. The topological polar surface area (TPSA) is 12.9 Å². The SMILES string of the molecule is CCc1cc(CC)c2nc3ccc4ccccc4c3c(CC)c2c1. The molecular formula is C23H23N. The maximum atomic E-state index is 5.08. The van der Waals surface area contributed by atoms with Gasteiger partial charge in [-0.3, -0.25) is 0 Å². The highest BCUT2D eigenvalue weighted by atomic mass is 14.7. The summed E-state index contributed by atoms with van der Waals surface area (Å²) in [6.45, 7) is 6.72. The Balaban J connectivity index is 2.26. The molecule has 0 aliphatic carbocycles. The summed E-state index contributed by atoms with van der Waals surface area (Å²) in [4.78, 5) is 5.08. The molecule has 4 aromatic rings. The number of fused-ring (bicyclic) bond motifs is 4. The molecule has 0 aliphatic rings. The second kappa shape index (κ2) is 5.90. The molecule has 3 aromatic carbocycles. The molecule has 0 atom stereocenters. The highest BCUT2D eigenvalue weighted by Gasteiger charge is 2.13. The van der Waals surface area contributed by atoms with E-state index in [1.54, 1.807) is 0 Å². The molecule has 0 N–H and O–H groups in total. The van der Waals surface area contributed by atoms with Crippen molar-refractivity contribution in [3.63, 3.8) is 0 Å². The van der Waals surface area contributed by atoms with Crippen molar-refractivity contribution in [1.82, 2.24) is 4.98 Å². The minimum absolute atomic E-state index is 1.03. The summed E-state index contributed by atoms with van der Waals surface area (Å²) in [6, 6.07) is 17.7. The van der Waals surface area contributed by atoms with Gasteiger partial charge in [0.25, 0.3) is 0 Å². The van der Waals surface area contributed by atoms with Gasteiger partial charge >= 0.3 is 0 Å². The van der Waals surface area contributed by atoms with Gasteiger partial charge in [0.15, 0.2) is 0 Å². The van der Waals surface area contributed by atoms with Crippen LogP contribution in [0.15, 0.2) is 48.5 Å². The molecule has 120 valence electrons. The Morgan fingerprint density at radius 3 is 2.38 bits per heavy atom. The molecule has 0 bridgehead atoms. The fraction of sp³-hybridized carbons (Fsp3) is 0.261. The predicted octanol–water partition coefficient (Wildman–Crippen LogP) is 6.23. The maximum Gasteiger partial charge on any atom is 0.0744 e. The van der Waals surface area contributed by atoms with Crippen molar-refractivity contribution in [1.29, 1.82) is 0 Å². The van der Waals surface area contributed by atoms with E-state index >= 15 is 0 Å². The van der Waals surface area contributed by atoms with Crippen molar-refractivity contribution in [3.05, 3.63) is 65.2 Å². The van der Waals surface area contributed by atoms with Crippen molar-refractivity contribution in [2.24, 2.45) is 0 Å². The molecule has 0 amide bonds. The number of nitrogens with zero attached hydrogens (tertiary/aromatic N) is 1. The van der Waals surface area contributed by atoms with Crippen molar-refractivity contribution >= 4 is 32.6 Å². The molecule has 0 unspecified atom stereocenters. The van der Waals surface area contributed by atoms with E-state index in [1.165, 1.54) is 43.8 Å². The molecule has 1 heterocycles. The Kier molecular flexibility index (Phi) is 3.72. The zero-order valence-corrected chi connectivity index (χ0v) is 14.7. The summed E-state index contributed by atoms with van der Waals surface area (Å²) in [5.41, 5.74) is 6.53. The highest BCUT2D eigenvalue weighted by Crippen LogP contribution is 2.34. The van der Waals surface area contributed by atoms with E-state index in [0.717, 1.165) is 24.8 Å². The first-order valence-electron chi connectivity index (χ1n) is 9.02. The van der Waals surface area contributed by atoms with Gasteiger partial charge in [0, 0.05) is 10.8 Å². The van der Waals surface area contributed by atoms with Gasteiger partial charge in [0.05, 0.1) is 11.0 Å². The number of hydrogen-bond donors (Lipinski definition) is 0. The molecule has 24 heavy (non-hydrogen) atoms. The molecule has 0 radical (unpaired) electrons. The standard InChI is InChI=1S/C23H23N/c1-4-15-13-16(5-2)23-20(14-15)18(6-3)22-19-10-8-7-9-17(19)11-12-21(22)24-23/h7-14H,4-6H2,1-3H3. The van der Waals surface area contributed by atoms with Crippen LogP contribution < -0.4 is 0 Å². The molecule has 1 heteroatoms. The Hall–Kier alpha value is -2.41. The highest BCUT2D eigenvalue weighted by molar-refractivity contribution is 6.12. The molecule has 0 aliphatic heterocycles. The van der Waals surface area contributed by atoms with Crippen LogP contribution in [0.2, 0.25) is 0 Å². The predicted molar refractivity (Wildman–Crippen MR) is 105 cm³/mol. The van der Waals surface area contributed by atoms with Crippen LogP contribution in [0.5, 0.6) is 0 Å². The number of aromatic nitrogens is 1. The van der Waals surface area contributed by atoms with Crippen LogP contribution in [-0.2, 0) is 19.3 Å². The summed E-state index contributed by atoms with van der Waals surface area (Å²) >= 11 is 0. The summed E-state index contributed by atoms with van der Waals surface area (Å²) in [5.74, 6) is 0. The van der Waals surface area contributed by atoms with Gasteiger partial charge in [-0.05, 0) is 58.9 Å². The van der Waals surface area contributed by atoms with Crippen molar-refractivity contribution in [2.45, 2.75) is 40.0 Å². The number of pyridine rings is 1. The molecule has 0 saturated carbocycles. The van der Waals surface area contributed by atoms with E-state index in [0.29, 0.717) is 0 Å². The average molecular weight is 313 g/mol. The van der Waals surface area contributed by atoms with Gasteiger partial charge in [-0.1, -0.05) is 57.2 Å². The second-order valence-corrected chi connectivity index (χ2v) is 6.48. The Morgan fingerprint density at radius 1 is 0.792 bits per heavy atom. The summed E-state index contributed by atoms with van der Waals surface area (Å²) in [7, 11) is 0. The number of rotatable bonds is 3. The molecule has 4 rings (SSSR count). The first-order valence-corrected chi connectivity index (χ1v) is 9.02. The Morgan fingerprint density at radius 2 is 1.62 bits per heavy atom. The summed E-state index contributed by atoms with van der Waals surface area (Å²) in [5, 5.41) is 5.29. The third-order valence-electron chi connectivity index (χ3n) is 5.16. The van der Waals surface area contributed by atoms with E-state index in [1.807, 2.05) is 0 Å². The largest absolute Gasteiger partial charge is 0.247 e. The lowest BCUT2D eigenvalue weighted by atomic mass is 9.92. The third-order valence-corrected chi connectivity index (χ3v) is 5.16. The smallest absolute Gasteiger partial charge is 0.0744 e. The third kappa shape index (κ3) is 2.19. The monoisotopic (exact) mass is 313 g/mol. The minimum atomic E-state index is 1.03. The van der Waals surface area contributed by atoms with E-state index < -0.39 is 0 Å². The normalized spacial score (nSPS) is 11.6. The van der Waals surface area contributed by atoms with E-state index in [2.05, 4.69) is 69.3 Å². The van der Waals surface area contributed by atoms with Crippen LogP contribution in [-0.4, -0.2) is 4.98 Å². The Labute approximate surface area is 143 Å².